The van der Waals surface area contributed by atoms with Crippen LogP contribution in [-0.2, 0) is 16.8 Å². The Morgan fingerprint density at radius 3 is 2.65 bits per heavy atom. The van der Waals surface area contributed by atoms with Gasteiger partial charge in [-0.15, -0.1) is 24.0 Å². The fraction of sp³-hybridized carbons (Fsp3) is 0.765. The zero-order chi connectivity index (χ0) is 18.6. The number of amides is 1. The number of nitrogens with one attached hydrogen (secondary N) is 2. The monoisotopic (exact) mass is 478 g/mol. The normalized spacial score (nSPS) is 18.0. The van der Waals surface area contributed by atoms with Gasteiger partial charge in [-0.25, -0.2) is 0 Å². The molecule has 0 bridgehead atoms. The zero-order valence-corrected chi connectivity index (χ0v) is 18.8. The molecule has 0 saturated carbocycles. The maximum Gasteiger partial charge on any atom is 0.232 e. The van der Waals surface area contributed by atoms with E-state index in [9.17, 15) is 4.79 Å². The highest BCUT2D eigenvalue weighted by atomic mass is 127. The number of guanidine groups is 1. The Balaban J connectivity index is 0.00000338. The van der Waals surface area contributed by atoms with Crippen molar-refractivity contribution in [2.45, 2.75) is 59.0 Å². The fourth-order valence-corrected chi connectivity index (χ4v) is 2.62. The van der Waals surface area contributed by atoms with Crippen molar-refractivity contribution >= 4 is 35.8 Å². The summed E-state index contributed by atoms with van der Waals surface area (Å²) in [5.74, 6) is 2.12. The third-order valence-electron chi connectivity index (χ3n) is 4.08. The van der Waals surface area contributed by atoms with Crippen LogP contribution in [0.4, 0.5) is 0 Å². The average molecular weight is 478 g/mol. The van der Waals surface area contributed by atoms with E-state index in [0.29, 0.717) is 30.8 Å². The number of hydrogen-bond donors (Lipinski definition) is 2. The molecule has 1 aromatic heterocycles. The van der Waals surface area contributed by atoms with Gasteiger partial charge in [0.1, 0.15) is 0 Å². The summed E-state index contributed by atoms with van der Waals surface area (Å²) in [6.45, 7) is 11.9. The van der Waals surface area contributed by atoms with Crippen LogP contribution >= 0.6 is 24.0 Å². The molecule has 1 aliphatic heterocycles. The molecule has 1 atom stereocenters. The van der Waals surface area contributed by atoms with E-state index in [1.807, 2.05) is 39.5 Å². The van der Waals surface area contributed by atoms with Gasteiger partial charge < -0.3 is 20.1 Å². The number of nitrogens with zero attached hydrogens (tertiary/aromatic N) is 4. The van der Waals surface area contributed by atoms with Crippen molar-refractivity contribution in [2.75, 3.05) is 20.1 Å². The van der Waals surface area contributed by atoms with E-state index in [0.717, 1.165) is 13.0 Å². The number of hydrogen-bond acceptors (Lipinski definition) is 5. The first-order valence-corrected chi connectivity index (χ1v) is 8.79. The van der Waals surface area contributed by atoms with E-state index in [1.54, 1.807) is 7.05 Å². The van der Waals surface area contributed by atoms with Crippen LogP contribution in [0.3, 0.4) is 0 Å². The third-order valence-corrected chi connectivity index (χ3v) is 4.08. The Bertz CT molecular complexity index is 623. The molecule has 1 amide bonds. The first-order valence-electron chi connectivity index (χ1n) is 8.79. The minimum absolute atomic E-state index is 0. The first kappa shape index (κ1) is 22.7. The summed E-state index contributed by atoms with van der Waals surface area (Å²) in [7, 11) is 1.72. The molecular formula is C17H31IN6O2. The van der Waals surface area contributed by atoms with Crippen molar-refractivity contribution in [3.63, 3.8) is 0 Å². The van der Waals surface area contributed by atoms with Crippen molar-refractivity contribution in [3.8, 4) is 0 Å². The molecule has 9 heteroatoms. The molecule has 2 rings (SSSR count). The minimum Gasteiger partial charge on any atom is -0.352 e. The molecule has 26 heavy (non-hydrogen) atoms. The highest BCUT2D eigenvalue weighted by Crippen LogP contribution is 2.19. The lowest BCUT2D eigenvalue weighted by atomic mass is 9.97. The number of rotatable bonds is 4. The van der Waals surface area contributed by atoms with Gasteiger partial charge in [0.2, 0.25) is 11.8 Å². The molecular weight excluding hydrogens is 447 g/mol. The van der Waals surface area contributed by atoms with Crippen molar-refractivity contribution in [3.05, 3.63) is 11.7 Å². The smallest absolute Gasteiger partial charge is 0.232 e. The fourth-order valence-electron chi connectivity index (χ4n) is 2.62. The van der Waals surface area contributed by atoms with E-state index < -0.39 is 0 Å². The Morgan fingerprint density at radius 1 is 1.42 bits per heavy atom. The topological polar surface area (TPSA) is 95.7 Å². The van der Waals surface area contributed by atoms with Gasteiger partial charge in [0, 0.05) is 37.5 Å². The second kappa shape index (κ2) is 9.52. The van der Waals surface area contributed by atoms with E-state index in [2.05, 4.69) is 25.8 Å². The largest absolute Gasteiger partial charge is 0.352 e. The van der Waals surface area contributed by atoms with Gasteiger partial charge in [0.25, 0.3) is 0 Å². The SMILES string of the molecule is CN=C(NCc1noc(C(C)(C)C)n1)NC1CCN(C(=O)C(C)C)C1.I. The van der Waals surface area contributed by atoms with Crippen LogP contribution in [0.25, 0.3) is 0 Å². The van der Waals surface area contributed by atoms with Crippen molar-refractivity contribution in [2.24, 2.45) is 10.9 Å². The quantitative estimate of drug-likeness (QED) is 0.390. The van der Waals surface area contributed by atoms with Gasteiger partial charge in [-0.3, -0.25) is 9.79 Å². The summed E-state index contributed by atoms with van der Waals surface area (Å²) in [5, 5.41) is 10.5. The Morgan fingerprint density at radius 2 is 2.12 bits per heavy atom. The molecule has 0 spiro atoms. The first-order chi connectivity index (χ1) is 11.7. The van der Waals surface area contributed by atoms with Crippen LogP contribution in [0.5, 0.6) is 0 Å². The zero-order valence-electron chi connectivity index (χ0n) is 16.5. The van der Waals surface area contributed by atoms with Crippen molar-refractivity contribution in [1.82, 2.24) is 25.7 Å². The van der Waals surface area contributed by atoms with E-state index in [4.69, 9.17) is 4.52 Å². The lowest BCUT2D eigenvalue weighted by Crippen LogP contribution is -2.45. The molecule has 8 nitrogen and oxygen atoms in total. The number of aliphatic imine (C=N–C) groups is 1. The molecule has 1 fully saturated rings. The molecule has 0 aromatic carbocycles. The second-order valence-corrected chi connectivity index (χ2v) is 7.76. The molecule has 1 unspecified atom stereocenters. The van der Waals surface area contributed by atoms with Gasteiger partial charge in [-0.2, -0.15) is 4.98 Å². The molecule has 1 aromatic rings. The lowest BCUT2D eigenvalue weighted by molar-refractivity contribution is -0.133. The van der Waals surface area contributed by atoms with E-state index in [-0.39, 0.29) is 47.3 Å². The summed E-state index contributed by atoms with van der Waals surface area (Å²) in [4.78, 5) is 22.6. The molecule has 2 heterocycles. The predicted octanol–water partition coefficient (Wildman–Crippen LogP) is 1.91. The number of halogens is 1. The Labute approximate surface area is 172 Å². The van der Waals surface area contributed by atoms with Crippen molar-refractivity contribution in [1.29, 1.82) is 0 Å². The van der Waals surface area contributed by atoms with Crippen LogP contribution < -0.4 is 10.6 Å². The van der Waals surface area contributed by atoms with Gasteiger partial charge >= 0.3 is 0 Å². The summed E-state index contributed by atoms with van der Waals surface area (Å²) >= 11 is 0. The van der Waals surface area contributed by atoms with Crippen LogP contribution in [0.15, 0.2) is 9.52 Å². The summed E-state index contributed by atoms with van der Waals surface area (Å²) in [5.41, 5.74) is -0.165. The summed E-state index contributed by atoms with van der Waals surface area (Å²) in [6, 6.07) is 0.198. The standard InChI is InChI=1S/C17H30N6O2.HI/c1-11(2)14(24)23-8-7-12(10-23)20-16(18-6)19-9-13-21-15(25-22-13)17(3,4)5;/h11-12H,7-10H2,1-6H3,(H2,18,19,20);1H. The molecule has 1 saturated heterocycles. The summed E-state index contributed by atoms with van der Waals surface area (Å²) < 4.78 is 5.29. The van der Waals surface area contributed by atoms with Gasteiger partial charge in [0.05, 0.1) is 6.54 Å². The van der Waals surface area contributed by atoms with Gasteiger partial charge in [-0.1, -0.05) is 39.8 Å². The third kappa shape index (κ3) is 6.10. The van der Waals surface area contributed by atoms with Crippen LogP contribution in [-0.4, -0.2) is 53.1 Å². The minimum atomic E-state index is -0.165. The Hall–Kier alpha value is -1.39. The number of likely N-dealkylation sites (tertiary alicyclic amines) is 1. The van der Waals surface area contributed by atoms with E-state index >= 15 is 0 Å². The van der Waals surface area contributed by atoms with Gasteiger partial charge in [0.15, 0.2) is 11.8 Å². The predicted molar refractivity (Wildman–Crippen MR) is 112 cm³/mol. The van der Waals surface area contributed by atoms with Gasteiger partial charge in [-0.05, 0) is 6.42 Å². The highest BCUT2D eigenvalue weighted by molar-refractivity contribution is 14.0. The molecule has 2 N–H and O–H groups in total. The average Bonchev–Trinajstić information content (AvgIpc) is 3.19. The molecule has 0 aliphatic carbocycles. The highest BCUT2D eigenvalue weighted by Gasteiger charge is 2.28. The maximum atomic E-state index is 12.1. The van der Waals surface area contributed by atoms with E-state index in [1.165, 1.54) is 0 Å². The van der Waals surface area contributed by atoms with Crippen LogP contribution in [0.1, 0.15) is 52.8 Å². The number of carbonyl (C=O) groups is 1. The molecule has 1 aliphatic rings. The maximum absolute atomic E-state index is 12.1. The number of aromatic nitrogens is 2. The molecule has 148 valence electrons. The van der Waals surface area contributed by atoms with Crippen molar-refractivity contribution < 1.29 is 9.32 Å². The van der Waals surface area contributed by atoms with Crippen LogP contribution in [0.2, 0.25) is 0 Å². The number of carbonyl (C=O) groups excluding carboxylic acids is 1. The second-order valence-electron chi connectivity index (χ2n) is 7.76. The summed E-state index contributed by atoms with van der Waals surface area (Å²) in [6.07, 6.45) is 0.912. The Kier molecular flexibility index (Phi) is 8.29. The molecule has 0 radical (unpaired) electrons. The lowest BCUT2D eigenvalue weighted by Gasteiger charge is -2.20. The van der Waals surface area contributed by atoms with Crippen LogP contribution in [0, 0.1) is 5.92 Å².